The van der Waals surface area contributed by atoms with Crippen LogP contribution in [0.25, 0.3) is 0 Å². The maximum atomic E-state index is 12.9. The smallest absolute Gasteiger partial charge is 0.343 e. The Kier molecular flexibility index (Phi) is 11.1. The molecule has 4 unspecified atom stereocenters. The zero-order valence-electron chi connectivity index (χ0n) is 25.6. The van der Waals surface area contributed by atoms with Crippen molar-refractivity contribution in [3.8, 4) is 23.0 Å². The Labute approximate surface area is 255 Å². The summed E-state index contributed by atoms with van der Waals surface area (Å²) in [7, 11) is 0. The summed E-state index contributed by atoms with van der Waals surface area (Å²) >= 11 is 0. The van der Waals surface area contributed by atoms with E-state index in [9.17, 15) is 4.79 Å². The van der Waals surface area contributed by atoms with Gasteiger partial charge in [0.15, 0.2) is 0 Å². The molecule has 7 nitrogen and oxygen atoms in total. The predicted octanol–water partition coefficient (Wildman–Crippen LogP) is 8.38. The summed E-state index contributed by atoms with van der Waals surface area (Å²) in [5.74, 6) is 2.25. The number of aryl methyl sites for hydroxylation is 1. The van der Waals surface area contributed by atoms with Crippen LogP contribution < -0.4 is 14.2 Å². The molecule has 2 aliphatic rings. The predicted molar refractivity (Wildman–Crippen MR) is 165 cm³/mol. The fraction of sp³-hybridized carbons (Fsp3) is 0.472. The van der Waals surface area contributed by atoms with Crippen LogP contribution >= 0.6 is 0 Å². The minimum atomic E-state index is -0.414. The monoisotopic (exact) mass is 588 g/mol. The van der Waals surface area contributed by atoms with Gasteiger partial charge in [-0.3, -0.25) is 0 Å². The second-order valence-electron chi connectivity index (χ2n) is 11.4. The minimum Gasteiger partial charge on any atom is -0.488 e. The molecular weight excluding hydrogens is 544 g/mol. The van der Waals surface area contributed by atoms with Crippen molar-refractivity contribution in [3.05, 3.63) is 83.4 Å². The lowest BCUT2D eigenvalue weighted by atomic mass is 10.0. The zero-order chi connectivity index (χ0) is 30.0. The summed E-state index contributed by atoms with van der Waals surface area (Å²) in [6.45, 7) is 8.50. The van der Waals surface area contributed by atoms with Gasteiger partial charge < -0.3 is 28.4 Å². The van der Waals surface area contributed by atoms with Crippen LogP contribution in [-0.2, 0) is 14.2 Å². The van der Waals surface area contributed by atoms with Crippen LogP contribution in [0.2, 0.25) is 0 Å². The molecule has 3 aromatic carbocycles. The van der Waals surface area contributed by atoms with Crippen molar-refractivity contribution < 1.29 is 33.2 Å². The van der Waals surface area contributed by atoms with Gasteiger partial charge in [0, 0.05) is 6.61 Å². The van der Waals surface area contributed by atoms with Crippen molar-refractivity contribution in [2.75, 3.05) is 19.8 Å². The van der Waals surface area contributed by atoms with E-state index in [2.05, 4.69) is 13.8 Å². The third-order valence-electron chi connectivity index (χ3n) is 7.78. The molecule has 0 spiro atoms. The second kappa shape index (κ2) is 15.4. The highest BCUT2D eigenvalue weighted by atomic mass is 16.6. The van der Waals surface area contributed by atoms with Crippen LogP contribution in [0.1, 0.15) is 86.4 Å². The topological polar surface area (TPSA) is 79.1 Å². The highest BCUT2D eigenvalue weighted by Crippen LogP contribution is 2.33. The number of ether oxygens (including phenoxy) is 6. The Morgan fingerprint density at radius 1 is 0.814 bits per heavy atom. The number of unbranched alkanes of at least 4 members (excludes halogenated alkanes) is 4. The molecule has 2 saturated heterocycles. The van der Waals surface area contributed by atoms with E-state index >= 15 is 0 Å². The third-order valence-corrected chi connectivity index (χ3v) is 7.78. The molecule has 4 atom stereocenters. The standard InChI is InChI=1S/C36H44O7/c1-4-6-8-10-32(33-23-39-33)42-29-17-15-28(16-18-29)41-31-20-19-30(22-25(31)3)43-36(37)27-13-11-26(12-14-27)35(34-24-40-34)38-21-9-7-5-2/h11-20,22,32-35H,4-10,21,23-24H2,1-3H3. The number of hydrogen-bond donors (Lipinski definition) is 0. The highest BCUT2D eigenvalue weighted by molar-refractivity contribution is 5.91. The largest absolute Gasteiger partial charge is 0.488 e. The van der Waals surface area contributed by atoms with Gasteiger partial charge in [-0.15, -0.1) is 0 Å². The van der Waals surface area contributed by atoms with Gasteiger partial charge in [0.2, 0.25) is 0 Å². The first-order valence-electron chi connectivity index (χ1n) is 15.8. The highest BCUT2D eigenvalue weighted by Gasteiger charge is 2.35. The van der Waals surface area contributed by atoms with E-state index < -0.39 is 5.97 Å². The molecule has 5 rings (SSSR count). The number of benzene rings is 3. The molecule has 0 aliphatic carbocycles. The van der Waals surface area contributed by atoms with E-state index in [-0.39, 0.29) is 24.4 Å². The molecule has 0 N–H and O–H groups in total. The molecule has 0 radical (unpaired) electrons. The fourth-order valence-electron chi connectivity index (χ4n) is 5.06. The molecular formula is C36H44O7. The van der Waals surface area contributed by atoms with Crippen LogP contribution in [0.3, 0.4) is 0 Å². The summed E-state index contributed by atoms with van der Waals surface area (Å²) < 4.78 is 35.1. The molecule has 0 aromatic heterocycles. The van der Waals surface area contributed by atoms with E-state index in [0.717, 1.165) is 55.6 Å². The average Bonchev–Trinajstić information content (AvgIpc) is 3.94. The number of rotatable bonds is 18. The van der Waals surface area contributed by atoms with Crippen LogP contribution in [0.15, 0.2) is 66.7 Å². The number of hydrogen-bond acceptors (Lipinski definition) is 7. The Morgan fingerprint density at radius 3 is 2.12 bits per heavy atom. The van der Waals surface area contributed by atoms with Gasteiger partial charge in [-0.05, 0) is 91.9 Å². The second-order valence-corrected chi connectivity index (χ2v) is 11.4. The SMILES string of the molecule is CCCCCOC(c1ccc(C(=O)Oc2ccc(Oc3ccc(OC(CCCCC)C4CO4)cc3)c(C)c2)cc1)C1CO1. The molecule has 230 valence electrons. The molecule has 2 heterocycles. The molecule has 2 fully saturated rings. The summed E-state index contributed by atoms with van der Waals surface area (Å²) in [6, 6.07) is 20.4. The first kappa shape index (κ1) is 31.0. The van der Waals surface area contributed by atoms with Crippen molar-refractivity contribution in [1.29, 1.82) is 0 Å². The summed E-state index contributed by atoms with van der Waals surface area (Å²) in [4.78, 5) is 12.9. The van der Waals surface area contributed by atoms with E-state index in [4.69, 9.17) is 28.4 Å². The van der Waals surface area contributed by atoms with Crippen molar-refractivity contribution in [1.82, 2.24) is 0 Å². The molecule has 3 aromatic rings. The lowest BCUT2D eigenvalue weighted by Crippen LogP contribution is -2.23. The first-order valence-corrected chi connectivity index (χ1v) is 15.8. The van der Waals surface area contributed by atoms with Crippen LogP contribution in [0.4, 0.5) is 0 Å². The molecule has 0 bridgehead atoms. The van der Waals surface area contributed by atoms with E-state index in [1.807, 2.05) is 49.4 Å². The normalized spacial score (nSPS) is 18.5. The maximum Gasteiger partial charge on any atom is 0.343 e. The molecule has 0 saturated carbocycles. The molecule has 7 heteroatoms. The van der Waals surface area contributed by atoms with Crippen molar-refractivity contribution in [2.45, 2.75) is 90.1 Å². The average molecular weight is 589 g/mol. The van der Waals surface area contributed by atoms with Gasteiger partial charge in [0.05, 0.1) is 18.8 Å². The molecule has 2 aliphatic heterocycles. The third kappa shape index (κ3) is 9.30. The molecule has 0 amide bonds. The summed E-state index contributed by atoms with van der Waals surface area (Å²) in [6.07, 6.45) is 8.15. The van der Waals surface area contributed by atoms with Crippen LogP contribution in [-0.4, -0.2) is 44.1 Å². The van der Waals surface area contributed by atoms with Gasteiger partial charge in [0.1, 0.15) is 47.4 Å². The van der Waals surface area contributed by atoms with Crippen LogP contribution in [0, 0.1) is 6.92 Å². The van der Waals surface area contributed by atoms with Crippen molar-refractivity contribution >= 4 is 5.97 Å². The fourth-order valence-corrected chi connectivity index (χ4v) is 5.06. The Bertz CT molecular complexity index is 1300. The summed E-state index contributed by atoms with van der Waals surface area (Å²) in [5.41, 5.74) is 2.35. The van der Waals surface area contributed by atoms with Gasteiger partial charge in [-0.2, -0.15) is 0 Å². The van der Waals surface area contributed by atoms with Crippen molar-refractivity contribution in [3.63, 3.8) is 0 Å². The number of carbonyl (C=O) groups excluding carboxylic acids is 1. The van der Waals surface area contributed by atoms with Gasteiger partial charge in [-0.1, -0.05) is 51.7 Å². The van der Waals surface area contributed by atoms with Crippen LogP contribution in [0.5, 0.6) is 23.0 Å². The quantitative estimate of drug-likeness (QED) is 0.0639. The van der Waals surface area contributed by atoms with Gasteiger partial charge >= 0.3 is 5.97 Å². The molecule has 43 heavy (non-hydrogen) atoms. The van der Waals surface area contributed by atoms with Gasteiger partial charge in [0.25, 0.3) is 0 Å². The first-order chi connectivity index (χ1) is 21.0. The van der Waals surface area contributed by atoms with E-state index in [0.29, 0.717) is 36.0 Å². The number of esters is 1. The van der Waals surface area contributed by atoms with Crippen molar-refractivity contribution in [2.24, 2.45) is 0 Å². The maximum absolute atomic E-state index is 12.9. The Hall–Kier alpha value is -3.39. The van der Waals surface area contributed by atoms with Gasteiger partial charge in [-0.25, -0.2) is 4.79 Å². The number of epoxide rings is 2. The van der Waals surface area contributed by atoms with E-state index in [1.165, 1.54) is 12.8 Å². The van der Waals surface area contributed by atoms with E-state index in [1.54, 1.807) is 24.3 Å². The number of carbonyl (C=O) groups is 1. The zero-order valence-corrected chi connectivity index (χ0v) is 25.6. The Balaban J connectivity index is 1.13. The lowest BCUT2D eigenvalue weighted by molar-refractivity contribution is 0.0300. The Morgan fingerprint density at radius 2 is 1.47 bits per heavy atom. The summed E-state index contributed by atoms with van der Waals surface area (Å²) in [5, 5.41) is 0. The lowest BCUT2D eigenvalue weighted by Gasteiger charge is -2.17. The minimum absolute atomic E-state index is 0.0875.